The Balaban J connectivity index is 1.30. The highest BCUT2D eigenvalue weighted by Crippen LogP contribution is 2.35. The second-order valence-electron chi connectivity index (χ2n) is 7.92. The van der Waals surface area contributed by atoms with Crippen LogP contribution in [0.3, 0.4) is 0 Å². The molecule has 6 nitrogen and oxygen atoms in total. The first-order chi connectivity index (χ1) is 15.6. The molecule has 0 fully saturated rings. The van der Waals surface area contributed by atoms with Gasteiger partial charge in [0.2, 0.25) is 5.91 Å². The Morgan fingerprint density at radius 3 is 2.84 bits per heavy atom. The van der Waals surface area contributed by atoms with Crippen molar-refractivity contribution in [2.24, 2.45) is 0 Å². The molecular weight excluding hydrogens is 438 g/mol. The molecule has 1 N–H and O–H groups in total. The van der Waals surface area contributed by atoms with Crippen LogP contribution in [0.15, 0.2) is 53.8 Å². The Kier molecular flexibility index (Phi) is 5.80. The van der Waals surface area contributed by atoms with E-state index in [4.69, 9.17) is 4.98 Å². The summed E-state index contributed by atoms with van der Waals surface area (Å²) in [5, 5.41) is 4.75. The smallest absolute Gasteiger partial charge is 0.234 e. The largest absolute Gasteiger partial charge is 0.343 e. The lowest BCUT2D eigenvalue weighted by Crippen LogP contribution is -2.30. The zero-order chi connectivity index (χ0) is 22.1. The van der Waals surface area contributed by atoms with Crippen molar-refractivity contribution < 1.29 is 4.79 Å². The summed E-state index contributed by atoms with van der Waals surface area (Å²) >= 11 is 3.03. The molecule has 0 saturated heterocycles. The van der Waals surface area contributed by atoms with E-state index in [1.807, 2.05) is 26.0 Å². The summed E-state index contributed by atoms with van der Waals surface area (Å²) in [7, 11) is 0. The molecule has 0 unspecified atom stereocenters. The van der Waals surface area contributed by atoms with Crippen LogP contribution in [0.1, 0.15) is 22.3 Å². The topological polar surface area (TPSA) is 71.0 Å². The molecule has 2 aromatic heterocycles. The molecule has 162 valence electrons. The predicted molar refractivity (Wildman–Crippen MR) is 132 cm³/mol. The van der Waals surface area contributed by atoms with Crippen molar-refractivity contribution in [3.8, 4) is 0 Å². The van der Waals surface area contributed by atoms with Gasteiger partial charge in [-0.15, -0.1) is 0 Å². The lowest BCUT2D eigenvalue weighted by atomic mass is 10.0. The van der Waals surface area contributed by atoms with Gasteiger partial charge in [-0.3, -0.25) is 4.79 Å². The van der Waals surface area contributed by atoms with Crippen LogP contribution in [0.2, 0.25) is 0 Å². The number of thiazole rings is 1. The van der Waals surface area contributed by atoms with E-state index in [9.17, 15) is 4.79 Å². The van der Waals surface area contributed by atoms with E-state index in [2.05, 4.69) is 50.5 Å². The molecule has 1 aliphatic heterocycles. The first-order valence-corrected chi connectivity index (χ1v) is 12.3. The second kappa shape index (κ2) is 8.88. The number of hydrogen-bond acceptors (Lipinski definition) is 7. The van der Waals surface area contributed by atoms with E-state index < -0.39 is 0 Å². The summed E-state index contributed by atoms with van der Waals surface area (Å²) in [6, 6.07) is 14.6. The van der Waals surface area contributed by atoms with Gasteiger partial charge in [0.25, 0.3) is 0 Å². The van der Waals surface area contributed by atoms with Crippen molar-refractivity contribution in [1.82, 2.24) is 15.0 Å². The van der Waals surface area contributed by atoms with Crippen molar-refractivity contribution in [2.45, 2.75) is 31.8 Å². The van der Waals surface area contributed by atoms with Gasteiger partial charge in [-0.1, -0.05) is 65.1 Å². The molecular formula is C24H23N5OS2. The van der Waals surface area contributed by atoms with Gasteiger partial charge in [0, 0.05) is 18.8 Å². The summed E-state index contributed by atoms with van der Waals surface area (Å²) in [5.41, 5.74) is 6.53. The molecule has 1 aliphatic rings. The zero-order valence-corrected chi connectivity index (χ0v) is 19.6. The molecule has 5 rings (SSSR count). The van der Waals surface area contributed by atoms with Gasteiger partial charge in [-0.25, -0.2) is 9.97 Å². The van der Waals surface area contributed by atoms with Crippen molar-refractivity contribution in [1.29, 1.82) is 0 Å². The van der Waals surface area contributed by atoms with E-state index in [1.165, 1.54) is 34.8 Å². The quantitative estimate of drug-likeness (QED) is 0.333. The number of thioether (sulfide) groups is 1. The van der Waals surface area contributed by atoms with Crippen LogP contribution in [0, 0.1) is 13.8 Å². The molecule has 0 atom stereocenters. The Morgan fingerprint density at radius 1 is 1.16 bits per heavy atom. The number of benzene rings is 2. The van der Waals surface area contributed by atoms with Crippen molar-refractivity contribution in [3.05, 3.63) is 71.0 Å². The van der Waals surface area contributed by atoms with Gasteiger partial charge in [-0.2, -0.15) is 4.98 Å². The molecule has 0 spiro atoms. The van der Waals surface area contributed by atoms with Gasteiger partial charge in [0.1, 0.15) is 16.1 Å². The fourth-order valence-corrected chi connectivity index (χ4v) is 5.81. The number of nitrogens with one attached hydrogen (secondary N) is 1. The van der Waals surface area contributed by atoms with E-state index in [0.29, 0.717) is 5.65 Å². The third-order valence-electron chi connectivity index (χ3n) is 5.54. The molecule has 3 heterocycles. The number of anilines is 2. The monoisotopic (exact) mass is 461 g/mol. The highest BCUT2D eigenvalue weighted by molar-refractivity contribution is 8.00. The van der Waals surface area contributed by atoms with Gasteiger partial charge in [0.05, 0.1) is 5.75 Å². The normalized spacial score (nSPS) is 13.2. The Hall–Kier alpha value is -2.97. The molecule has 0 saturated carbocycles. The average Bonchev–Trinajstić information content (AvgIpc) is 3.24. The van der Waals surface area contributed by atoms with Crippen molar-refractivity contribution in [3.63, 3.8) is 0 Å². The maximum absolute atomic E-state index is 12.5. The Labute approximate surface area is 195 Å². The molecule has 2 aromatic carbocycles. The van der Waals surface area contributed by atoms with Crippen molar-refractivity contribution >= 4 is 50.2 Å². The molecule has 0 aliphatic carbocycles. The second-order valence-corrected chi connectivity index (χ2v) is 9.87. The minimum absolute atomic E-state index is 0.0499. The number of aromatic nitrogens is 3. The third-order valence-corrected chi connectivity index (χ3v) is 7.78. The molecule has 8 heteroatoms. The number of amides is 1. The van der Waals surface area contributed by atoms with Gasteiger partial charge >= 0.3 is 0 Å². The molecule has 32 heavy (non-hydrogen) atoms. The van der Waals surface area contributed by atoms with E-state index in [-0.39, 0.29) is 11.7 Å². The standard InChI is InChI=1S/C24H23N5OS2/c1-15-7-8-19(16(2)11-15)27-20(30)13-31-23-21-22(25-14-26-23)28-24(32-21)29-10-9-17-5-3-4-6-18(17)12-29/h3-8,11,14H,9-10,12-13H2,1-2H3,(H,27,30). The first kappa shape index (κ1) is 20.9. The fourth-order valence-electron chi connectivity index (χ4n) is 3.89. The van der Waals surface area contributed by atoms with Crippen LogP contribution in [-0.2, 0) is 17.8 Å². The van der Waals surface area contributed by atoms with Crippen LogP contribution < -0.4 is 10.2 Å². The van der Waals surface area contributed by atoms with Crippen molar-refractivity contribution in [2.75, 3.05) is 22.5 Å². The molecule has 0 bridgehead atoms. The number of rotatable bonds is 5. The summed E-state index contributed by atoms with van der Waals surface area (Å²) in [5.74, 6) is 0.232. The Morgan fingerprint density at radius 2 is 2.00 bits per heavy atom. The van der Waals surface area contributed by atoms with E-state index >= 15 is 0 Å². The SMILES string of the molecule is Cc1ccc(NC(=O)CSc2ncnc3nc(N4CCc5ccccc5C4)sc23)c(C)c1. The van der Waals surface area contributed by atoms with Gasteiger partial charge in [-0.05, 0) is 43.0 Å². The summed E-state index contributed by atoms with van der Waals surface area (Å²) in [6.07, 6.45) is 2.54. The minimum Gasteiger partial charge on any atom is -0.343 e. The summed E-state index contributed by atoms with van der Waals surface area (Å²) in [6.45, 7) is 5.83. The lowest BCUT2D eigenvalue weighted by Gasteiger charge is -2.28. The highest BCUT2D eigenvalue weighted by Gasteiger charge is 2.21. The number of aryl methyl sites for hydroxylation is 2. The van der Waals surface area contributed by atoms with Crippen LogP contribution in [-0.4, -0.2) is 33.2 Å². The number of nitrogens with zero attached hydrogens (tertiary/aromatic N) is 4. The maximum Gasteiger partial charge on any atom is 0.234 e. The predicted octanol–water partition coefficient (Wildman–Crippen LogP) is 5.00. The Bertz CT molecular complexity index is 1300. The van der Waals surface area contributed by atoms with Crippen LogP contribution in [0.25, 0.3) is 10.3 Å². The molecule has 0 radical (unpaired) electrons. The molecule has 1 amide bonds. The minimum atomic E-state index is -0.0499. The lowest BCUT2D eigenvalue weighted by molar-refractivity contribution is -0.113. The number of carbonyl (C=O) groups is 1. The van der Waals surface area contributed by atoms with Gasteiger partial charge in [0.15, 0.2) is 10.8 Å². The highest BCUT2D eigenvalue weighted by atomic mass is 32.2. The maximum atomic E-state index is 12.5. The number of hydrogen-bond donors (Lipinski definition) is 1. The fraction of sp³-hybridized carbons (Fsp3) is 0.250. The first-order valence-electron chi connectivity index (χ1n) is 10.5. The van der Waals surface area contributed by atoms with Crippen LogP contribution in [0.4, 0.5) is 10.8 Å². The average molecular weight is 462 g/mol. The van der Waals surface area contributed by atoms with Crippen LogP contribution in [0.5, 0.6) is 0 Å². The third kappa shape index (κ3) is 4.33. The number of carbonyl (C=O) groups excluding carboxylic acids is 1. The van der Waals surface area contributed by atoms with Gasteiger partial charge < -0.3 is 10.2 Å². The number of fused-ring (bicyclic) bond motifs is 2. The molecule has 4 aromatic rings. The van der Waals surface area contributed by atoms with E-state index in [0.717, 1.165) is 45.6 Å². The summed E-state index contributed by atoms with van der Waals surface area (Å²) < 4.78 is 0.936. The van der Waals surface area contributed by atoms with E-state index in [1.54, 1.807) is 11.3 Å². The van der Waals surface area contributed by atoms with Crippen LogP contribution >= 0.6 is 23.1 Å². The zero-order valence-electron chi connectivity index (χ0n) is 18.0. The summed E-state index contributed by atoms with van der Waals surface area (Å²) in [4.78, 5) is 28.4.